The highest BCUT2D eigenvalue weighted by Crippen LogP contribution is 2.18. The van der Waals surface area contributed by atoms with Gasteiger partial charge in [-0.3, -0.25) is 4.90 Å². The molecule has 4 heteroatoms. The molecule has 0 radical (unpaired) electrons. The molecular weight excluding hydrogens is 256 g/mol. The molecule has 1 aliphatic rings. The van der Waals surface area contributed by atoms with Crippen molar-refractivity contribution >= 4 is 11.8 Å². The molecule has 0 unspecified atom stereocenters. The Morgan fingerprint density at radius 1 is 1.37 bits per heavy atom. The molecule has 0 aliphatic carbocycles. The number of nitrogens with zero attached hydrogens (tertiary/aromatic N) is 1. The van der Waals surface area contributed by atoms with Gasteiger partial charge in [0.1, 0.15) is 11.5 Å². The van der Waals surface area contributed by atoms with Crippen molar-refractivity contribution in [3.8, 4) is 0 Å². The highest BCUT2D eigenvalue weighted by Gasteiger charge is 2.13. The monoisotopic (exact) mass is 282 g/mol. The number of thioether (sulfide) groups is 1. The number of hydrogen-bond acceptors (Lipinski definition) is 4. The fourth-order valence-corrected chi connectivity index (χ4v) is 3.34. The molecule has 1 fully saturated rings. The Morgan fingerprint density at radius 3 is 3.11 bits per heavy atom. The summed E-state index contributed by atoms with van der Waals surface area (Å²) < 4.78 is 5.90. The van der Waals surface area contributed by atoms with Gasteiger partial charge in [-0.25, -0.2) is 0 Å². The van der Waals surface area contributed by atoms with E-state index in [4.69, 9.17) is 4.42 Å². The van der Waals surface area contributed by atoms with E-state index in [1.807, 2.05) is 0 Å². The van der Waals surface area contributed by atoms with Crippen LogP contribution in [0, 0.1) is 6.92 Å². The summed E-state index contributed by atoms with van der Waals surface area (Å²) in [6, 6.07) is 2.23. The van der Waals surface area contributed by atoms with E-state index in [-0.39, 0.29) is 0 Å². The van der Waals surface area contributed by atoms with E-state index in [0.29, 0.717) is 0 Å². The van der Waals surface area contributed by atoms with Gasteiger partial charge in [-0.15, -0.1) is 0 Å². The van der Waals surface area contributed by atoms with E-state index in [1.54, 1.807) is 0 Å². The minimum atomic E-state index is 0.930. The highest BCUT2D eigenvalue weighted by molar-refractivity contribution is 7.99. The largest absolute Gasteiger partial charge is 0.465 e. The Kier molecular flexibility index (Phi) is 6.28. The van der Waals surface area contributed by atoms with Crippen molar-refractivity contribution in [3.63, 3.8) is 0 Å². The van der Waals surface area contributed by atoms with E-state index in [9.17, 15) is 0 Å². The molecule has 1 aliphatic heterocycles. The lowest BCUT2D eigenvalue weighted by Gasteiger charge is -2.17. The van der Waals surface area contributed by atoms with Crippen LogP contribution in [0.5, 0.6) is 0 Å². The normalized spacial score (nSPS) is 17.6. The average molecular weight is 282 g/mol. The SMILES string of the molecule is CCCNCc1cc(CN2CCCSCC2)oc1C. The van der Waals surface area contributed by atoms with E-state index in [0.717, 1.165) is 31.2 Å². The summed E-state index contributed by atoms with van der Waals surface area (Å²) in [5, 5.41) is 3.44. The lowest BCUT2D eigenvalue weighted by atomic mass is 10.2. The fraction of sp³-hybridized carbons (Fsp3) is 0.733. The van der Waals surface area contributed by atoms with E-state index in [1.165, 1.54) is 43.0 Å². The number of rotatable bonds is 6. The Bertz CT molecular complexity index is 370. The highest BCUT2D eigenvalue weighted by atomic mass is 32.2. The number of aryl methyl sites for hydroxylation is 1. The zero-order valence-electron chi connectivity index (χ0n) is 12.2. The van der Waals surface area contributed by atoms with Gasteiger partial charge in [-0.1, -0.05) is 6.92 Å². The summed E-state index contributed by atoms with van der Waals surface area (Å²) in [5.41, 5.74) is 1.31. The van der Waals surface area contributed by atoms with Gasteiger partial charge in [-0.2, -0.15) is 11.8 Å². The topological polar surface area (TPSA) is 28.4 Å². The molecule has 1 aromatic heterocycles. The van der Waals surface area contributed by atoms with Crippen molar-refractivity contribution in [3.05, 3.63) is 23.2 Å². The third-order valence-electron chi connectivity index (χ3n) is 3.51. The van der Waals surface area contributed by atoms with Crippen molar-refractivity contribution in [1.29, 1.82) is 0 Å². The van der Waals surface area contributed by atoms with E-state index in [2.05, 4.69) is 41.9 Å². The molecule has 108 valence electrons. The van der Waals surface area contributed by atoms with Crippen LogP contribution in [0.4, 0.5) is 0 Å². The molecule has 3 nitrogen and oxygen atoms in total. The molecule has 0 bridgehead atoms. The minimum Gasteiger partial charge on any atom is -0.465 e. The zero-order valence-corrected chi connectivity index (χ0v) is 13.0. The fourth-order valence-electron chi connectivity index (χ4n) is 2.42. The molecule has 19 heavy (non-hydrogen) atoms. The van der Waals surface area contributed by atoms with Gasteiger partial charge in [0.2, 0.25) is 0 Å². The molecule has 0 saturated carbocycles. The lowest BCUT2D eigenvalue weighted by molar-refractivity contribution is 0.260. The summed E-state index contributed by atoms with van der Waals surface area (Å²) in [7, 11) is 0. The van der Waals surface area contributed by atoms with Crippen LogP contribution in [-0.2, 0) is 13.1 Å². The minimum absolute atomic E-state index is 0.930. The van der Waals surface area contributed by atoms with Crippen LogP contribution >= 0.6 is 11.8 Å². The van der Waals surface area contributed by atoms with Crippen LogP contribution in [0.25, 0.3) is 0 Å². The molecule has 0 spiro atoms. The summed E-state index contributed by atoms with van der Waals surface area (Å²) in [6.45, 7) is 9.63. The van der Waals surface area contributed by atoms with Gasteiger partial charge >= 0.3 is 0 Å². The van der Waals surface area contributed by atoms with Crippen LogP contribution in [0.1, 0.15) is 36.8 Å². The Morgan fingerprint density at radius 2 is 2.26 bits per heavy atom. The quantitative estimate of drug-likeness (QED) is 0.812. The summed E-state index contributed by atoms with van der Waals surface area (Å²) >= 11 is 2.07. The molecule has 1 saturated heterocycles. The standard InChI is InChI=1S/C15H26N2OS/c1-3-5-16-11-14-10-15(18-13(14)2)12-17-6-4-8-19-9-7-17/h10,16H,3-9,11-12H2,1-2H3. The molecule has 1 aromatic rings. The van der Waals surface area contributed by atoms with Crippen LogP contribution < -0.4 is 5.32 Å². The summed E-state index contributed by atoms with van der Waals surface area (Å²) in [5.74, 6) is 4.75. The Labute approximate surface area is 121 Å². The third kappa shape index (κ3) is 4.86. The third-order valence-corrected chi connectivity index (χ3v) is 4.56. The molecular formula is C15H26N2OS. The van der Waals surface area contributed by atoms with Gasteiger partial charge < -0.3 is 9.73 Å². The first-order chi connectivity index (χ1) is 9.29. The maximum atomic E-state index is 5.90. The van der Waals surface area contributed by atoms with E-state index < -0.39 is 0 Å². The van der Waals surface area contributed by atoms with Gasteiger partial charge in [-0.05, 0) is 44.7 Å². The Balaban J connectivity index is 1.87. The maximum absolute atomic E-state index is 5.90. The molecule has 2 rings (SSSR count). The first-order valence-electron chi connectivity index (χ1n) is 7.38. The van der Waals surface area contributed by atoms with Crippen LogP contribution in [0.3, 0.4) is 0 Å². The van der Waals surface area contributed by atoms with Crippen molar-refractivity contribution in [2.24, 2.45) is 0 Å². The molecule has 0 amide bonds. The molecule has 0 aromatic carbocycles. The van der Waals surface area contributed by atoms with Crippen molar-refractivity contribution < 1.29 is 4.42 Å². The van der Waals surface area contributed by atoms with Crippen LogP contribution in [0.15, 0.2) is 10.5 Å². The molecule has 0 atom stereocenters. The lowest BCUT2D eigenvalue weighted by Crippen LogP contribution is -2.25. The second kappa shape index (κ2) is 7.98. The maximum Gasteiger partial charge on any atom is 0.118 e. The predicted octanol–water partition coefficient (Wildman–Crippen LogP) is 3.03. The van der Waals surface area contributed by atoms with Crippen LogP contribution in [-0.4, -0.2) is 36.0 Å². The summed E-state index contributed by atoms with van der Waals surface area (Å²) in [6.07, 6.45) is 2.48. The number of furan rings is 1. The smallest absolute Gasteiger partial charge is 0.118 e. The number of nitrogens with one attached hydrogen (secondary N) is 1. The summed E-state index contributed by atoms with van der Waals surface area (Å²) in [4.78, 5) is 2.52. The molecule has 2 heterocycles. The first-order valence-corrected chi connectivity index (χ1v) is 8.54. The van der Waals surface area contributed by atoms with E-state index >= 15 is 0 Å². The first kappa shape index (κ1) is 14.9. The number of hydrogen-bond donors (Lipinski definition) is 1. The van der Waals surface area contributed by atoms with Crippen molar-refractivity contribution in [2.75, 3.05) is 31.1 Å². The predicted molar refractivity (Wildman–Crippen MR) is 82.7 cm³/mol. The second-order valence-electron chi connectivity index (χ2n) is 5.21. The van der Waals surface area contributed by atoms with Crippen LogP contribution in [0.2, 0.25) is 0 Å². The van der Waals surface area contributed by atoms with Crippen molar-refractivity contribution in [2.45, 2.75) is 39.8 Å². The molecule has 1 N–H and O–H groups in total. The van der Waals surface area contributed by atoms with Gasteiger partial charge in [0.25, 0.3) is 0 Å². The van der Waals surface area contributed by atoms with Gasteiger partial charge in [0, 0.05) is 24.4 Å². The zero-order chi connectivity index (χ0) is 13.5. The van der Waals surface area contributed by atoms with Gasteiger partial charge in [0.05, 0.1) is 6.54 Å². The van der Waals surface area contributed by atoms with Gasteiger partial charge in [0.15, 0.2) is 0 Å². The Hall–Kier alpha value is -0.450. The van der Waals surface area contributed by atoms with Crippen molar-refractivity contribution in [1.82, 2.24) is 10.2 Å². The average Bonchev–Trinajstić information content (AvgIpc) is 2.61. The second-order valence-corrected chi connectivity index (χ2v) is 6.44.